The lowest BCUT2D eigenvalue weighted by atomic mass is 9.58. The van der Waals surface area contributed by atoms with Crippen molar-refractivity contribution in [3.8, 4) is 5.75 Å². The number of hydrogen-bond donors (Lipinski definition) is 2. The number of halogens is 2. The number of fused-ring (bicyclic) bond motifs is 6. The van der Waals surface area contributed by atoms with Crippen LogP contribution in [0.3, 0.4) is 0 Å². The first-order valence-corrected chi connectivity index (χ1v) is 21.3. The third-order valence-electron chi connectivity index (χ3n) is 13.3. The molecule has 5 heterocycles. The van der Waals surface area contributed by atoms with Crippen molar-refractivity contribution in [1.82, 2.24) is 14.5 Å². The van der Waals surface area contributed by atoms with Crippen LogP contribution >= 0.6 is 11.6 Å². The fourth-order valence-electron chi connectivity index (χ4n) is 9.62. The maximum Gasteiger partial charge on any atom is 0.264 e. The minimum Gasteiger partial charge on any atom is -0.491 e. The molecule has 10 nitrogen and oxygen atoms in total. The summed E-state index contributed by atoms with van der Waals surface area (Å²) >= 11 is 6.30. The number of nitrogens with one attached hydrogen (secondary N) is 1. The molecule has 53 heavy (non-hydrogen) atoms. The van der Waals surface area contributed by atoms with Crippen LogP contribution in [0, 0.1) is 29.5 Å². The number of ether oxygens (including phenoxy) is 2. The molecule has 2 saturated heterocycles. The molecular weight excluding hydrogens is 719 g/mol. The van der Waals surface area contributed by atoms with Crippen LogP contribution in [-0.4, -0.2) is 105 Å². The predicted octanol–water partition coefficient (Wildman–Crippen LogP) is 5.02. The van der Waals surface area contributed by atoms with Crippen molar-refractivity contribution in [3.05, 3.63) is 69.5 Å². The van der Waals surface area contributed by atoms with Crippen LogP contribution in [0.2, 0.25) is 5.02 Å². The van der Waals surface area contributed by atoms with E-state index in [0.717, 1.165) is 56.8 Å². The fraction of sp³-hybridized carbons (Fsp3) is 0.625. The Balaban J connectivity index is 1.21. The van der Waals surface area contributed by atoms with Gasteiger partial charge in [0.15, 0.2) is 0 Å². The average molecular weight is 771 g/mol. The van der Waals surface area contributed by atoms with E-state index in [9.17, 15) is 18.3 Å². The number of aliphatic hydroxyl groups is 1. The number of allylic oxidation sites excluding steroid dienone is 1. The lowest BCUT2D eigenvalue weighted by molar-refractivity contribution is -0.0997. The number of carbonyl (C=O) groups excluding carboxylic acids is 1. The Kier molecular flexibility index (Phi) is 10.3. The van der Waals surface area contributed by atoms with Gasteiger partial charge < -0.3 is 19.5 Å². The molecule has 2 aliphatic carbocycles. The number of benzene rings is 2. The number of piperazine rings is 1. The van der Waals surface area contributed by atoms with E-state index in [-0.39, 0.29) is 34.3 Å². The SMILES string of the molecule is C[C@@H]1[C@@H](C)S(=O)(=O)NC(=O)c2ccc3c(c2)N(Cc2ccc(Cl)c(F)c2CCCCO3)C[C@@H]2CC[C@H]2[C@](O)(CN2CCN3CCOC[C@H]3C2)C2=C[C@H]1C2. The Bertz CT molecular complexity index is 1880. The van der Waals surface area contributed by atoms with E-state index in [1.54, 1.807) is 31.2 Å². The van der Waals surface area contributed by atoms with Crippen LogP contribution in [0.1, 0.15) is 67.4 Å². The smallest absolute Gasteiger partial charge is 0.264 e. The zero-order valence-corrected chi connectivity index (χ0v) is 32.3. The highest BCUT2D eigenvalue weighted by Gasteiger charge is 2.53. The molecule has 2 N–H and O–H groups in total. The van der Waals surface area contributed by atoms with Crippen molar-refractivity contribution < 1.29 is 32.2 Å². The van der Waals surface area contributed by atoms with Gasteiger partial charge in [0.1, 0.15) is 17.2 Å². The Morgan fingerprint density at radius 3 is 2.70 bits per heavy atom. The zero-order valence-electron chi connectivity index (χ0n) is 30.7. The summed E-state index contributed by atoms with van der Waals surface area (Å²) in [5.41, 5.74) is 2.10. The summed E-state index contributed by atoms with van der Waals surface area (Å²) in [6.45, 7) is 10.3. The van der Waals surface area contributed by atoms with Gasteiger partial charge in [-0.05, 0) is 110 Å². The van der Waals surface area contributed by atoms with Crippen LogP contribution in [0.15, 0.2) is 42.0 Å². The van der Waals surface area contributed by atoms with Gasteiger partial charge in [-0.25, -0.2) is 17.5 Å². The second-order valence-electron chi connectivity index (χ2n) is 16.3. The molecule has 7 aliphatic rings. The van der Waals surface area contributed by atoms with Crippen molar-refractivity contribution in [3.63, 3.8) is 0 Å². The molecule has 0 unspecified atom stereocenters. The van der Waals surface area contributed by atoms with E-state index in [0.29, 0.717) is 81.6 Å². The molecule has 9 rings (SSSR count). The van der Waals surface area contributed by atoms with Gasteiger partial charge in [0.05, 0.1) is 35.8 Å². The summed E-state index contributed by atoms with van der Waals surface area (Å²) in [5, 5.41) is 12.3. The van der Waals surface area contributed by atoms with Crippen molar-refractivity contribution in [1.29, 1.82) is 0 Å². The highest BCUT2D eigenvalue weighted by Crippen LogP contribution is 2.52. The van der Waals surface area contributed by atoms with Gasteiger partial charge in [-0.15, -0.1) is 0 Å². The molecule has 2 aromatic carbocycles. The van der Waals surface area contributed by atoms with Crippen LogP contribution in [0.4, 0.5) is 10.1 Å². The number of hydrogen-bond acceptors (Lipinski definition) is 9. The Morgan fingerprint density at radius 1 is 1.08 bits per heavy atom. The van der Waals surface area contributed by atoms with Crippen molar-refractivity contribution >= 4 is 33.2 Å². The first-order chi connectivity index (χ1) is 25.4. The van der Waals surface area contributed by atoms with Gasteiger partial charge in [0.25, 0.3) is 5.91 Å². The molecule has 7 atom stereocenters. The number of rotatable bonds is 2. The van der Waals surface area contributed by atoms with E-state index < -0.39 is 32.6 Å². The summed E-state index contributed by atoms with van der Waals surface area (Å²) in [7, 11) is -4.04. The molecule has 4 bridgehead atoms. The number of anilines is 1. The maximum atomic E-state index is 15.7. The fourth-order valence-corrected chi connectivity index (χ4v) is 11.1. The molecule has 5 aliphatic heterocycles. The monoisotopic (exact) mass is 770 g/mol. The molecule has 3 fully saturated rings. The number of β-amino-alcohol motifs (C(OH)–C–C–N with tert-alkyl or cyclic N) is 1. The van der Waals surface area contributed by atoms with Crippen LogP contribution < -0.4 is 14.4 Å². The highest BCUT2D eigenvalue weighted by atomic mass is 35.5. The first-order valence-electron chi connectivity index (χ1n) is 19.4. The Hall–Kier alpha value is -2.74. The molecule has 1 saturated carbocycles. The molecule has 1 amide bonds. The quantitative estimate of drug-likeness (QED) is 0.407. The van der Waals surface area contributed by atoms with E-state index in [1.165, 1.54) is 0 Å². The predicted molar refractivity (Wildman–Crippen MR) is 202 cm³/mol. The third-order valence-corrected chi connectivity index (χ3v) is 15.5. The highest BCUT2D eigenvalue weighted by molar-refractivity contribution is 7.90. The van der Waals surface area contributed by atoms with Crippen molar-refractivity contribution in [2.75, 3.05) is 64.0 Å². The topological polar surface area (TPSA) is 112 Å². The summed E-state index contributed by atoms with van der Waals surface area (Å²) < 4.78 is 57.6. The Morgan fingerprint density at radius 2 is 1.91 bits per heavy atom. The van der Waals surface area contributed by atoms with Gasteiger partial charge in [-0.3, -0.25) is 14.6 Å². The molecular formula is C40H52ClFN4O6S. The normalized spacial score (nSPS) is 33.6. The summed E-state index contributed by atoms with van der Waals surface area (Å²) in [5.74, 6) is -0.794. The summed E-state index contributed by atoms with van der Waals surface area (Å²) in [4.78, 5) is 20.7. The standard InChI is InChI=1S/C40H52ClFN4O6S/c1-25-26(2)53(49,50)43-39(47)27-8-11-37-36(19-27)46(20-28-7-10-35(41)38(42)33(28)5-3-4-15-52-37)21-29-6-9-34(29)40(48,31-17-30(25)18-31)24-44-12-13-45-14-16-51-23-32(45)22-44/h7-8,10-11,17,19,25-26,29-30,32,34,48H,3-6,9,12-16,18,20-24H2,1-2H3,(H,43,47)/t25-,26-,29+,30+,32-,34-,40+/m1/s1. The molecule has 2 aromatic rings. The molecule has 0 spiro atoms. The molecule has 13 heteroatoms. The number of sulfonamides is 1. The van der Waals surface area contributed by atoms with Gasteiger partial charge >= 0.3 is 0 Å². The second kappa shape index (κ2) is 14.7. The number of morpholine rings is 1. The van der Waals surface area contributed by atoms with Gasteiger partial charge in [0, 0.05) is 57.4 Å². The average Bonchev–Trinajstić information content (AvgIpc) is 3.13. The third kappa shape index (κ3) is 7.13. The van der Waals surface area contributed by atoms with Crippen LogP contribution in [0.5, 0.6) is 5.75 Å². The van der Waals surface area contributed by atoms with Gasteiger partial charge in [-0.2, -0.15) is 0 Å². The minimum absolute atomic E-state index is 0.0412. The second-order valence-corrected chi connectivity index (χ2v) is 18.8. The number of amides is 1. The number of nitrogens with zero attached hydrogens (tertiary/aromatic N) is 3. The van der Waals surface area contributed by atoms with Gasteiger partial charge in [0.2, 0.25) is 10.0 Å². The Labute approximate surface area is 317 Å². The van der Waals surface area contributed by atoms with Gasteiger partial charge in [-0.1, -0.05) is 30.7 Å². The van der Waals surface area contributed by atoms with Crippen molar-refractivity contribution in [2.45, 2.75) is 75.8 Å². The zero-order chi connectivity index (χ0) is 37.1. The summed E-state index contributed by atoms with van der Waals surface area (Å²) in [6.07, 6.45) is 6.41. The van der Waals surface area contributed by atoms with E-state index >= 15 is 4.39 Å². The van der Waals surface area contributed by atoms with Crippen LogP contribution in [0.25, 0.3) is 0 Å². The lowest BCUT2D eigenvalue weighted by Crippen LogP contribution is -2.63. The molecule has 0 aromatic heterocycles. The van der Waals surface area contributed by atoms with E-state index in [4.69, 9.17) is 21.1 Å². The van der Waals surface area contributed by atoms with Crippen molar-refractivity contribution in [2.24, 2.45) is 23.7 Å². The molecule has 288 valence electrons. The summed E-state index contributed by atoms with van der Waals surface area (Å²) in [6, 6.07) is 8.83. The van der Waals surface area contributed by atoms with E-state index in [2.05, 4.69) is 25.5 Å². The maximum absolute atomic E-state index is 15.7. The van der Waals surface area contributed by atoms with Crippen LogP contribution in [-0.2, 0) is 27.7 Å². The lowest BCUT2D eigenvalue weighted by Gasteiger charge is -2.55. The molecule has 0 radical (unpaired) electrons. The first kappa shape index (κ1) is 37.2. The minimum atomic E-state index is -4.04. The number of carbonyl (C=O) groups is 1. The van der Waals surface area contributed by atoms with E-state index in [1.807, 2.05) is 13.0 Å². The largest absolute Gasteiger partial charge is 0.491 e.